The number of thiazole rings is 1. The maximum Gasteiger partial charge on any atom is 0.183 e. The molecule has 1 aliphatic heterocycles. The van der Waals surface area contributed by atoms with Gasteiger partial charge in [0.2, 0.25) is 0 Å². The van der Waals surface area contributed by atoms with Gasteiger partial charge in [0.15, 0.2) is 14.3 Å². The van der Waals surface area contributed by atoms with E-state index in [0.717, 1.165) is 23.7 Å². The molecule has 1 fully saturated rings. The molecular weight excluding hydrogens is 402 g/mol. The summed E-state index contributed by atoms with van der Waals surface area (Å²) in [6, 6.07) is 5.66. The van der Waals surface area contributed by atoms with Crippen molar-refractivity contribution in [1.29, 1.82) is 0 Å². The maximum atomic E-state index is 12.8. The van der Waals surface area contributed by atoms with Crippen LogP contribution in [0.1, 0.15) is 44.4 Å². The fourth-order valence-electron chi connectivity index (χ4n) is 3.23. The zero-order chi connectivity index (χ0) is 19.4. The van der Waals surface area contributed by atoms with E-state index in [1.807, 2.05) is 12.1 Å². The SMILES string of the molecule is CC(C)S(=O)(=O)c1ccc(N2CCCCCC2)cc1NCc1cnc(Cl)s1. The molecule has 0 atom stereocenters. The summed E-state index contributed by atoms with van der Waals surface area (Å²) >= 11 is 7.30. The summed E-state index contributed by atoms with van der Waals surface area (Å²) in [4.78, 5) is 7.72. The number of anilines is 2. The second-order valence-electron chi connectivity index (χ2n) is 7.11. The van der Waals surface area contributed by atoms with Gasteiger partial charge in [-0.15, -0.1) is 11.3 Å². The summed E-state index contributed by atoms with van der Waals surface area (Å²) in [5.74, 6) is 0. The molecule has 0 saturated carbocycles. The standard InChI is InChI=1S/C19H26ClN3O2S2/c1-14(2)27(24,25)18-8-7-15(23-9-5-3-4-6-10-23)11-17(18)21-12-16-13-22-19(20)26-16/h7-8,11,13-14,21H,3-6,9-10,12H2,1-2H3. The summed E-state index contributed by atoms with van der Waals surface area (Å²) < 4.78 is 26.1. The minimum atomic E-state index is -3.38. The minimum absolute atomic E-state index is 0.353. The largest absolute Gasteiger partial charge is 0.379 e. The Kier molecular flexibility index (Phi) is 6.65. The molecule has 1 aromatic carbocycles. The molecule has 2 aromatic rings. The van der Waals surface area contributed by atoms with E-state index >= 15 is 0 Å². The zero-order valence-electron chi connectivity index (χ0n) is 15.7. The van der Waals surface area contributed by atoms with Crippen LogP contribution in [0, 0.1) is 0 Å². The fourth-order valence-corrected chi connectivity index (χ4v) is 5.35. The number of hydrogen-bond donors (Lipinski definition) is 1. The molecule has 8 heteroatoms. The van der Waals surface area contributed by atoms with E-state index < -0.39 is 15.1 Å². The number of rotatable bonds is 6. The first-order valence-electron chi connectivity index (χ1n) is 9.35. The van der Waals surface area contributed by atoms with Crippen LogP contribution in [0.2, 0.25) is 4.47 Å². The average Bonchev–Trinajstić information content (AvgIpc) is 2.88. The van der Waals surface area contributed by atoms with Crippen molar-refractivity contribution in [3.05, 3.63) is 33.7 Å². The topological polar surface area (TPSA) is 62.3 Å². The smallest absolute Gasteiger partial charge is 0.183 e. The third-order valence-corrected chi connectivity index (χ3v) is 8.16. The molecule has 0 unspecified atom stereocenters. The summed E-state index contributed by atoms with van der Waals surface area (Å²) in [5, 5.41) is 2.83. The quantitative estimate of drug-likeness (QED) is 0.704. The fraction of sp³-hybridized carbons (Fsp3) is 0.526. The normalized spacial score (nSPS) is 15.8. The van der Waals surface area contributed by atoms with Gasteiger partial charge in [-0.3, -0.25) is 0 Å². The van der Waals surface area contributed by atoms with Crippen LogP contribution in [0.5, 0.6) is 0 Å². The number of nitrogens with one attached hydrogen (secondary N) is 1. The number of aromatic nitrogens is 1. The van der Waals surface area contributed by atoms with Crippen LogP contribution in [0.25, 0.3) is 0 Å². The van der Waals surface area contributed by atoms with E-state index in [2.05, 4.69) is 15.2 Å². The summed E-state index contributed by atoms with van der Waals surface area (Å²) in [6.07, 6.45) is 6.58. The summed E-state index contributed by atoms with van der Waals surface area (Å²) in [7, 11) is -3.38. The number of sulfone groups is 1. The maximum absolute atomic E-state index is 12.8. The number of hydrogen-bond acceptors (Lipinski definition) is 6. The molecule has 0 radical (unpaired) electrons. The molecule has 1 aliphatic rings. The average molecular weight is 428 g/mol. The third kappa shape index (κ3) is 4.95. The molecule has 0 bridgehead atoms. The van der Waals surface area contributed by atoms with Crippen LogP contribution in [-0.2, 0) is 16.4 Å². The van der Waals surface area contributed by atoms with Crippen molar-refractivity contribution >= 4 is 44.1 Å². The Morgan fingerprint density at radius 3 is 2.52 bits per heavy atom. The second kappa shape index (κ2) is 8.80. The highest BCUT2D eigenvalue weighted by atomic mass is 35.5. The molecule has 148 valence electrons. The highest BCUT2D eigenvalue weighted by Crippen LogP contribution is 2.31. The van der Waals surface area contributed by atoms with Gasteiger partial charge in [-0.05, 0) is 44.9 Å². The van der Waals surface area contributed by atoms with Crippen molar-refractivity contribution in [1.82, 2.24) is 4.98 Å². The minimum Gasteiger partial charge on any atom is -0.379 e. The number of nitrogens with zero attached hydrogens (tertiary/aromatic N) is 2. The van der Waals surface area contributed by atoms with Crippen LogP contribution in [-0.4, -0.2) is 31.7 Å². The highest BCUT2D eigenvalue weighted by Gasteiger charge is 2.24. The third-order valence-electron chi connectivity index (χ3n) is 4.84. The predicted molar refractivity (Wildman–Crippen MR) is 114 cm³/mol. The summed E-state index contributed by atoms with van der Waals surface area (Å²) in [6.45, 7) is 5.95. The highest BCUT2D eigenvalue weighted by molar-refractivity contribution is 7.92. The van der Waals surface area contributed by atoms with Gasteiger partial charge in [0.25, 0.3) is 0 Å². The number of halogens is 1. The molecule has 3 rings (SSSR count). The first-order chi connectivity index (χ1) is 12.9. The summed E-state index contributed by atoms with van der Waals surface area (Å²) in [5.41, 5.74) is 1.72. The molecule has 0 spiro atoms. The van der Waals surface area contributed by atoms with Crippen molar-refractivity contribution in [3.8, 4) is 0 Å². The van der Waals surface area contributed by atoms with E-state index in [-0.39, 0.29) is 0 Å². The van der Waals surface area contributed by atoms with Crippen LogP contribution in [0.15, 0.2) is 29.3 Å². The lowest BCUT2D eigenvalue weighted by molar-refractivity contribution is 0.587. The Hall–Kier alpha value is -1.31. The molecule has 5 nitrogen and oxygen atoms in total. The van der Waals surface area contributed by atoms with Gasteiger partial charge in [-0.1, -0.05) is 24.4 Å². The molecule has 1 aromatic heterocycles. The monoisotopic (exact) mass is 427 g/mol. The molecule has 1 N–H and O–H groups in total. The molecule has 1 saturated heterocycles. The van der Waals surface area contributed by atoms with Gasteiger partial charge in [0.1, 0.15) is 0 Å². The zero-order valence-corrected chi connectivity index (χ0v) is 18.1. The molecular formula is C19H26ClN3O2S2. The van der Waals surface area contributed by atoms with E-state index in [4.69, 9.17) is 11.6 Å². The molecule has 2 heterocycles. The molecule has 27 heavy (non-hydrogen) atoms. The Balaban J connectivity index is 1.92. The van der Waals surface area contributed by atoms with Crippen molar-refractivity contribution < 1.29 is 8.42 Å². The van der Waals surface area contributed by atoms with E-state index in [0.29, 0.717) is 21.6 Å². The van der Waals surface area contributed by atoms with Crippen LogP contribution < -0.4 is 10.2 Å². The first-order valence-corrected chi connectivity index (χ1v) is 12.1. The lowest BCUT2D eigenvalue weighted by Crippen LogP contribution is -2.24. The Morgan fingerprint density at radius 1 is 1.22 bits per heavy atom. The van der Waals surface area contributed by atoms with Crippen molar-refractivity contribution in [3.63, 3.8) is 0 Å². The molecule has 0 amide bonds. The number of benzene rings is 1. The lowest BCUT2D eigenvalue weighted by Gasteiger charge is -2.24. The van der Waals surface area contributed by atoms with Gasteiger partial charge < -0.3 is 10.2 Å². The van der Waals surface area contributed by atoms with Gasteiger partial charge in [-0.25, -0.2) is 13.4 Å². The Labute approximate surface area is 170 Å². The predicted octanol–water partition coefficient (Wildman–Crippen LogP) is 4.97. The van der Waals surface area contributed by atoms with E-state index in [1.165, 1.54) is 37.0 Å². The second-order valence-corrected chi connectivity index (χ2v) is 11.3. The lowest BCUT2D eigenvalue weighted by atomic mass is 10.2. The van der Waals surface area contributed by atoms with E-state index in [1.54, 1.807) is 26.1 Å². The van der Waals surface area contributed by atoms with Crippen molar-refractivity contribution in [2.24, 2.45) is 0 Å². The van der Waals surface area contributed by atoms with Crippen molar-refractivity contribution in [2.45, 2.75) is 56.2 Å². The van der Waals surface area contributed by atoms with Gasteiger partial charge in [0.05, 0.1) is 22.4 Å². The van der Waals surface area contributed by atoms with Gasteiger partial charge in [0, 0.05) is 29.9 Å². The molecule has 0 aliphatic carbocycles. The van der Waals surface area contributed by atoms with Gasteiger partial charge >= 0.3 is 0 Å². The Morgan fingerprint density at radius 2 is 1.93 bits per heavy atom. The van der Waals surface area contributed by atoms with Crippen LogP contribution in [0.4, 0.5) is 11.4 Å². The first kappa shape index (κ1) is 20.4. The van der Waals surface area contributed by atoms with Crippen LogP contribution in [0.3, 0.4) is 0 Å². The van der Waals surface area contributed by atoms with Crippen LogP contribution >= 0.6 is 22.9 Å². The Bertz CT molecular complexity index is 873. The van der Waals surface area contributed by atoms with Crippen molar-refractivity contribution in [2.75, 3.05) is 23.3 Å². The van der Waals surface area contributed by atoms with Gasteiger partial charge in [-0.2, -0.15) is 0 Å². The van der Waals surface area contributed by atoms with E-state index in [9.17, 15) is 8.42 Å².